The lowest BCUT2D eigenvalue weighted by atomic mass is 10.0. The van der Waals surface area contributed by atoms with E-state index in [2.05, 4.69) is 15.6 Å². The number of phenolic OH excluding ortho intramolecular Hbond substituents is 1. The number of nitrogens with zero attached hydrogens (tertiary/aromatic N) is 1. The Morgan fingerprint density at radius 3 is 2.68 bits per heavy atom. The molecule has 0 spiro atoms. The minimum absolute atomic E-state index is 0.0935. The highest BCUT2D eigenvalue weighted by molar-refractivity contribution is 5.94. The summed E-state index contributed by atoms with van der Waals surface area (Å²) in [4.78, 5) is 16.5. The normalized spacial score (nSPS) is 12.8. The molecule has 3 rings (SSSR count). The molecule has 0 unspecified atom stereocenters. The molecule has 162 valence electrons. The Labute approximate surface area is 182 Å². The van der Waals surface area contributed by atoms with Gasteiger partial charge in [0.05, 0.1) is 6.10 Å². The zero-order valence-electron chi connectivity index (χ0n) is 17.5. The van der Waals surface area contributed by atoms with Crippen molar-refractivity contribution in [1.82, 2.24) is 15.6 Å². The number of para-hydroxylation sites is 1. The first-order chi connectivity index (χ1) is 14.9. The standard InChI is InChI=1S/C24H28N4O3/c1-16(26-15-22(30)20-9-10-23(25)27-13-20)11-17-5-4-7-18(12-17)24(31)28-14-19-6-2-3-8-21(19)29/h2-10,12-13,16,22,26,29-30H,11,14-15H2,1H3,(H2,25,27)(H,28,31)/t16-,22-/m1/s1. The quantitative estimate of drug-likeness (QED) is 0.363. The summed E-state index contributed by atoms with van der Waals surface area (Å²) >= 11 is 0. The highest BCUT2D eigenvalue weighted by atomic mass is 16.3. The molecule has 7 heteroatoms. The summed E-state index contributed by atoms with van der Waals surface area (Å²) < 4.78 is 0. The van der Waals surface area contributed by atoms with E-state index < -0.39 is 6.10 Å². The maximum atomic E-state index is 12.5. The number of hydrogen-bond acceptors (Lipinski definition) is 6. The number of aromatic nitrogens is 1. The van der Waals surface area contributed by atoms with Crippen LogP contribution in [0.25, 0.3) is 0 Å². The van der Waals surface area contributed by atoms with Gasteiger partial charge in [-0.15, -0.1) is 0 Å². The molecule has 2 atom stereocenters. The van der Waals surface area contributed by atoms with E-state index in [1.165, 1.54) is 0 Å². The van der Waals surface area contributed by atoms with Crippen LogP contribution in [0.3, 0.4) is 0 Å². The molecule has 1 aromatic heterocycles. The highest BCUT2D eigenvalue weighted by Gasteiger charge is 2.12. The third kappa shape index (κ3) is 6.53. The van der Waals surface area contributed by atoms with Crippen molar-refractivity contribution in [3.63, 3.8) is 0 Å². The fraction of sp³-hybridized carbons (Fsp3) is 0.250. The number of carbonyl (C=O) groups excluding carboxylic acids is 1. The van der Waals surface area contributed by atoms with Crippen LogP contribution in [0.4, 0.5) is 5.82 Å². The van der Waals surface area contributed by atoms with E-state index in [1.807, 2.05) is 31.2 Å². The zero-order chi connectivity index (χ0) is 22.2. The average Bonchev–Trinajstić information content (AvgIpc) is 2.77. The van der Waals surface area contributed by atoms with Crippen LogP contribution >= 0.6 is 0 Å². The topological polar surface area (TPSA) is 120 Å². The van der Waals surface area contributed by atoms with Gasteiger partial charge in [0.1, 0.15) is 11.6 Å². The zero-order valence-corrected chi connectivity index (χ0v) is 17.5. The molecule has 2 aromatic carbocycles. The lowest BCUT2D eigenvalue weighted by molar-refractivity contribution is 0.0950. The number of hydrogen-bond donors (Lipinski definition) is 5. The van der Waals surface area contributed by atoms with Crippen LogP contribution in [0, 0.1) is 0 Å². The van der Waals surface area contributed by atoms with Gasteiger partial charge in [-0.05, 0) is 43.2 Å². The van der Waals surface area contributed by atoms with E-state index in [1.54, 1.807) is 42.6 Å². The van der Waals surface area contributed by atoms with Gasteiger partial charge in [-0.2, -0.15) is 0 Å². The van der Waals surface area contributed by atoms with E-state index in [9.17, 15) is 15.0 Å². The van der Waals surface area contributed by atoms with E-state index in [0.29, 0.717) is 35.5 Å². The molecule has 0 bridgehead atoms. The van der Waals surface area contributed by atoms with Gasteiger partial charge in [0.25, 0.3) is 5.91 Å². The number of aromatic hydroxyl groups is 1. The van der Waals surface area contributed by atoms with Crippen molar-refractivity contribution in [3.8, 4) is 5.75 Å². The Balaban J connectivity index is 1.51. The number of nitrogens with two attached hydrogens (primary N) is 1. The van der Waals surface area contributed by atoms with Crippen LogP contribution in [0.1, 0.15) is 40.1 Å². The summed E-state index contributed by atoms with van der Waals surface area (Å²) in [5, 5.41) is 26.3. The molecule has 0 saturated heterocycles. The number of nitrogen functional groups attached to an aromatic ring is 1. The third-order valence-corrected chi connectivity index (χ3v) is 5.02. The number of carbonyl (C=O) groups is 1. The molecule has 1 heterocycles. The first-order valence-electron chi connectivity index (χ1n) is 10.2. The maximum Gasteiger partial charge on any atom is 0.251 e. The molecule has 3 aromatic rings. The van der Waals surface area contributed by atoms with Gasteiger partial charge in [-0.25, -0.2) is 4.98 Å². The van der Waals surface area contributed by atoms with Crippen LogP contribution in [0.15, 0.2) is 66.9 Å². The van der Waals surface area contributed by atoms with E-state index in [0.717, 1.165) is 5.56 Å². The number of aliphatic hydroxyl groups excluding tert-OH is 1. The first-order valence-corrected chi connectivity index (χ1v) is 10.2. The number of benzene rings is 2. The van der Waals surface area contributed by atoms with Crippen molar-refractivity contribution in [2.45, 2.75) is 32.0 Å². The van der Waals surface area contributed by atoms with Gasteiger partial charge in [0.15, 0.2) is 0 Å². The summed E-state index contributed by atoms with van der Waals surface area (Å²) in [5.41, 5.74) is 8.52. The van der Waals surface area contributed by atoms with Gasteiger partial charge in [0.2, 0.25) is 0 Å². The number of phenols is 1. The van der Waals surface area contributed by atoms with Crippen molar-refractivity contribution >= 4 is 11.7 Å². The molecule has 0 radical (unpaired) electrons. The highest BCUT2D eigenvalue weighted by Crippen LogP contribution is 2.16. The number of nitrogens with one attached hydrogen (secondary N) is 2. The number of pyridine rings is 1. The Bertz CT molecular complexity index is 1010. The molecule has 6 N–H and O–H groups in total. The Kier molecular flexibility index (Phi) is 7.59. The lowest BCUT2D eigenvalue weighted by Crippen LogP contribution is -2.32. The predicted octanol–water partition coefficient (Wildman–Crippen LogP) is 2.55. The maximum absolute atomic E-state index is 12.5. The molecule has 31 heavy (non-hydrogen) atoms. The largest absolute Gasteiger partial charge is 0.508 e. The van der Waals surface area contributed by atoms with Gasteiger partial charge < -0.3 is 26.6 Å². The summed E-state index contributed by atoms with van der Waals surface area (Å²) in [6.45, 7) is 2.66. The number of amides is 1. The molecule has 0 aliphatic heterocycles. The first kappa shape index (κ1) is 22.3. The van der Waals surface area contributed by atoms with Gasteiger partial charge in [-0.3, -0.25) is 4.79 Å². The SMILES string of the molecule is C[C@H](Cc1cccc(C(=O)NCc2ccccc2O)c1)NC[C@@H](O)c1ccc(N)nc1. The average molecular weight is 421 g/mol. The van der Waals surface area contributed by atoms with Crippen molar-refractivity contribution < 1.29 is 15.0 Å². The van der Waals surface area contributed by atoms with Crippen LogP contribution in [-0.4, -0.2) is 33.7 Å². The molecule has 0 fully saturated rings. The summed E-state index contributed by atoms with van der Waals surface area (Å²) in [7, 11) is 0. The summed E-state index contributed by atoms with van der Waals surface area (Å²) in [6.07, 6.45) is 1.60. The van der Waals surface area contributed by atoms with Crippen molar-refractivity contribution in [3.05, 3.63) is 89.1 Å². The monoisotopic (exact) mass is 420 g/mol. The second kappa shape index (κ2) is 10.6. The van der Waals surface area contributed by atoms with Crippen molar-refractivity contribution in [1.29, 1.82) is 0 Å². The van der Waals surface area contributed by atoms with Crippen LogP contribution in [-0.2, 0) is 13.0 Å². The number of aliphatic hydroxyl groups is 1. The molecule has 7 nitrogen and oxygen atoms in total. The summed E-state index contributed by atoms with van der Waals surface area (Å²) in [5.74, 6) is 0.382. The molecule has 0 saturated carbocycles. The molecular formula is C24H28N4O3. The van der Waals surface area contributed by atoms with Crippen molar-refractivity contribution in [2.75, 3.05) is 12.3 Å². The smallest absolute Gasteiger partial charge is 0.251 e. The number of rotatable bonds is 9. The minimum atomic E-state index is -0.679. The summed E-state index contributed by atoms with van der Waals surface area (Å²) in [6, 6.07) is 17.9. The van der Waals surface area contributed by atoms with E-state index >= 15 is 0 Å². The van der Waals surface area contributed by atoms with Gasteiger partial charge in [0, 0.05) is 42.0 Å². The lowest BCUT2D eigenvalue weighted by Gasteiger charge is -2.18. The van der Waals surface area contributed by atoms with Crippen LogP contribution in [0.5, 0.6) is 5.75 Å². The molecule has 1 amide bonds. The second-order valence-electron chi connectivity index (χ2n) is 7.56. The minimum Gasteiger partial charge on any atom is -0.508 e. The molecule has 0 aliphatic carbocycles. The van der Waals surface area contributed by atoms with Gasteiger partial charge in [-0.1, -0.05) is 36.4 Å². The third-order valence-electron chi connectivity index (χ3n) is 5.02. The number of anilines is 1. The fourth-order valence-electron chi connectivity index (χ4n) is 3.25. The van der Waals surface area contributed by atoms with Crippen LogP contribution < -0.4 is 16.4 Å². The van der Waals surface area contributed by atoms with Crippen molar-refractivity contribution in [2.24, 2.45) is 0 Å². The molecular weight excluding hydrogens is 392 g/mol. The Morgan fingerprint density at radius 2 is 1.94 bits per heavy atom. The van der Waals surface area contributed by atoms with E-state index in [-0.39, 0.29) is 24.2 Å². The predicted molar refractivity (Wildman–Crippen MR) is 120 cm³/mol. The Morgan fingerprint density at radius 1 is 1.13 bits per heavy atom. The fourth-order valence-corrected chi connectivity index (χ4v) is 3.25. The van der Waals surface area contributed by atoms with E-state index in [4.69, 9.17) is 5.73 Å². The second-order valence-corrected chi connectivity index (χ2v) is 7.56. The van der Waals surface area contributed by atoms with Gasteiger partial charge >= 0.3 is 0 Å². The molecule has 0 aliphatic rings. The van der Waals surface area contributed by atoms with Crippen LogP contribution in [0.2, 0.25) is 0 Å². The Hall–Kier alpha value is -3.42.